The van der Waals surface area contributed by atoms with E-state index in [4.69, 9.17) is 9.47 Å². The van der Waals surface area contributed by atoms with Crippen LogP contribution in [0.3, 0.4) is 0 Å². The van der Waals surface area contributed by atoms with Crippen LogP contribution in [-0.4, -0.2) is 50.1 Å². The Bertz CT molecular complexity index is 837. The molecule has 0 bridgehead atoms. The quantitative estimate of drug-likeness (QED) is 0.818. The van der Waals surface area contributed by atoms with E-state index in [0.717, 1.165) is 17.0 Å². The first kappa shape index (κ1) is 18.5. The minimum atomic E-state index is -0.316. The Morgan fingerprint density at radius 2 is 1.82 bits per heavy atom. The number of carbonyl (C=O) groups excluding carboxylic acids is 2. The topological polar surface area (TPSA) is 59.1 Å². The lowest BCUT2D eigenvalue weighted by molar-refractivity contribution is -0.143. The summed E-state index contributed by atoms with van der Waals surface area (Å²) in [6.07, 6.45) is 0.131. The molecule has 2 fully saturated rings. The Kier molecular flexibility index (Phi) is 5.30. The molecule has 146 valence electrons. The zero-order chi connectivity index (χ0) is 19.5. The van der Waals surface area contributed by atoms with E-state index in [2.05, 4.69) is 0 Å². The number of ether oxygens (including phenoxy) is 2. The number of amides is 2. The van der Waals surface area contributed by atoms with E-state index in [1.807, 2.05) is 59.5 Å². The van der Waals surface area contributed by atoms with E-state index in [0.29, 0.717) is 26.2 Å². The van der Waals surface area contributed by atoms with Crippen LogP contribution in [0.25, 0.3) is 0 Å². The van der Waals surface area contributed by atoms with Gasteiger partial charge >= 0.3 is 0 Å². The fourth-order valence-corrected chi connectivity index (χ4v) is 3.86. The third-order valence-corrected chi connectivity index (χ3v) is 5.41. The van der Waals surface area contributed by atoms with Crippen molar-refractivity contribution in [2.45, 2.75) is 12.5 Å². The first-order valence-electron chi connectivity index (χ1n) is 9.55. The Balaban J connectivity index is 1.42. The van der Waals surface area contributed by atoms with E-state index >= 15 is 0 Å². The van der Waals surface area contributed by atoms with Gasteiger partial charge in [-0.05, 0) is 29.8 Å². The Morgan fingerprint density at radius 3 is 2.54 bits per heavy atom. The first-order chi connectivity index (χ1) is 13.7. The van der Waals surface area contributed by atoms with Crippen molar-refractivity contribution in [2.75, 3.05) is 38.3 Å². The molecule has 2 amide bonds. The largest absolute Gasteiger partial charge is 0.497 e. The van der Waals surface area contributed by atoms with Crippen LogP contribution in [0, 0.1) is 5.92 Å². The van der Waals surface area contributed by atoms with Gasteiger partial charge in [-0.1, -0.05) is 30.3 Å². The van der Waals surface area contributed by atoms with Crippen LogP contribution in [0.15, 0.2) is 54.6 Å². The van der Waals surface area contributed by atoms with Crippen molar-refractivity contribution in [1.29, 1.82) is 0 Å². The number of methoxy groups -OCH3 is 1. The average Bonchev–Trinajstić information content (AvgIpc) is 3.15. The molecular formula is C22H24N2O4. The van der Waals surface area contributed by atoms with Gasteiger partial charge in [0.2, 0.25) is 11.8 Å². The molecular weight excluding hydrogens is 356 g/mol. The van der Waals surface area contributed by atoms with Crippen molar-refractivity contribution in [1.82, 2.24) is 4.90 Å². The van der Waals surface area contributed by atoms with Crippen LogP contribution in [0.4, 0.5) is 5.69 Å². The lowest BCUT2D eigenvalue weighted by Crippen LogP contribution is -2.45. The van der Waals surface area contributed by atoms with Crippen molar-refractivity contribution in [3.8, 4) is 5.75 Å². The summed E-state index contributed by atoms with van der Waals surface area (Å²) >= 11 is 0. The molecule has 0 saturated carbocycles. The molecule has 4 rings (SSSR count). The van der Waals surface area contributed by atoms with Gasteiger partial charge in [-0.25, -0.2) is 0 Å². The molecule has 28 heavy (non-hydrogen) atoms. The maximum atomic E-state index is 13.1. The number of hydrogen-bond acceptors (Lipinski definition) is 4. The fraction of sp³-hybridized carbons (Fsp3) is 0.364. The highest BCUT2D eigenvalue weighted by Gasteiger charge is 2.38. The molecule has 2 aromatic carbocycles. The highest BCUT2D eigenvalue weighted by molar-refractivity contribution is 6.00. The predicted octanol–water partition coefficient (Wildman–Crippen LogP) is 2.65. The number of benzene rings is 2. The van der Waals surface area contributed by atoms with Gasteiger partial charge in [0, 0.05) is 25.2 Å². The monoisotopic (exact) mass is 380 g/mol. The maximum Gasteiger partial charge on any atom is 0.228 e. The SMILES string of the molecule is COc1ccc(N2CC(C(=O)N3CCOC(c4ccccc4)C3)CC2=O)cc1. The lowest BCUT2D eigenvalue weighted by atomic mass is 10.0. The number of hydrogen-bond donors (Lipinski definition) is 0. The number of rotatable bonds is 4. The minimum absolute atomic E-state index is 0.0172. The van der Waals surface area contributed by atoms with Gasteiger partial charge in [0.15, 0.2) is 0 Å². The van der Waals surface area contributed by atoms with Crippen LogP contribution in [0.5, 0.6) is 5.75 Å². The predicted molar refractivity (Wildman–Crippen MR) is 105 cm³/mol. The third-order valence-electron chi connectivity index (χ3n) is 5.41. The van der Waals surface area contributed by atoms with Crippen molar-refractivity contribution < 1.29 is 19.1 Å². The van der Waals surface area contributed by atoms with Gasteiger partial charge in [0.25, 0.3) is 0 Å². The highest BCUT2D eigenvalue weighted by Crippen LogP contribution is 2.29. The van der Waals surface area contributed by atoms with Crippen LogP contribution in [0.2, 0.25) is 0 Å². The first-order valence-corrected chi connectivity index (χ1v) is 9.55. The number of anilines is 1. The van der Waals surface area contributed by atoms with E-state index in [1.54, 1.807) is 12.0 Å². The summed E-state index contributed by atoms with van der Waals surface area (Å²) in [5, 5.41) is 0. The molecule has 2 unspecified atom stereocenters. The van der Waals surface area contributed by atoms with Crippen molar-refractivity contribution in [3.63, 3.8) is 0 Å². The second-order valence-corrected chi connectivity index (χ2v) is 7.16. The van der Waals surface area contributed by atoms with Gasteiger partial charge in [-0.15, -0.1) is 0 Å². The lowest BCUT2D eigenvalue weighted by Gasteiger charge is -2.34. The molecule has 0 spiro atoms. The standard InChI is InChI=1S/C22H24N2O4/c1-27-19-9-7-18(8-10-19)24-14-17(13-21(24)25)22(26)23-11-12-28-20(15-23)16-5-3-2-4-6-16/h2-10,17,20H,11-15H2,1H3. The molecule has 2 atom stereocenters. The number of nitrogens with zero attached hydrogens (tertiary/aromatic N) is 2. The second kappa shape index (κ2) is 8.02. The number of carbonyl (C=O) groups is 2. The van der Waals surface area contributed by atoms with Crippen LogP contribution in [0.1, 0.15) is 18.1 Å². The summed E-state index contributed by atoms with van der Waals surface area (Å²) in [5.41, 5.74) is 1.87. The van der Waals surface area contributed by atoms with Crippen LogP contribution < -0.4 is 9.64 Å². The fourth-order valence-electron chi connectivity index (χ4n) is 3.86. The van der Waals surface area contributed by atoms with Gasteiger partial charge < -0.3 is 19.3 Å². The molecule has 2 saturated heterocycles. The zero-order valence-corrected chi connectivity index (χ0v) is 15.9. The van der Waals surface area contributed by atoms with Crippen molar-refractivity contribution >= 4 is 17.5 Å². The van der Waals surface area contributed by atoms with Crippen LogP contribution in [-0.2, 0) is 14.3 Å². The van der Waals surface area contributed by atoms with Gasteiger partial charge in [0.1, 0.15) is 11.9 Å². The van der Waals surface area contributed by atoms with Gasteiger partial charge in [0.05, 0.1) is 26.2 Å². The van der Waals surface area contributed by atoms with Crippen molar-refractivity contribution in [2.24, 2.45) is 5.92 Å². The molecule has 0 N–H and O–H groups in total. The highest BCUT2D eigenvalue weighted by atomic mass is 16.5. The summed E-state index contributed by atoms with van der Waals surface area (Å²) in [6.45, 7) is 2.01. The Morgan fingerprint density at radius 1 is 1.07 bits per heavy atom. The second-order valence-electron chi connectivity index (χ2n) is 7.16. The molecule has 0 aliphatic carbocycles. The summed E-state index contributed by atoms with van der Waals surface area (Å²) in [7, 11) is 1.61. The summed E-state index contributed by atoms with van der Waals surface area (Å²) < 4.78 is 11.0. The van der Waals surface area contributed by atoms with E-state index < -0.39 is 0 Å². The minimum Gasteiger partial charge on any atom is -0.497 e. The molecule has 2 aliphatic rings. The van der Waals surface area contributed by atoms with E-state index in [9.17, 15) is 9.59 Å². The molecule has 0 radical (unpaired) electrons. The molecule has 2 heterocycles. The summed E-state index contributed by atoms with van der Waals surface area (Å²) in [5.74, 6) is 0.442. The molecule has 0 aromatic heterocycles. The maximum absolute atomic E-state index is 13.1. The van der Waals surface area contributed by atoms with Crippen molar-refractivity contribution in [3.05, 3.63) is 60.2 Å². The average molecular weight is 380 g/mol. The number of morpholine rings is 1. The van der Waals surface area contributed by atoms with Gasteiger partial charge in [-0.2, -0.15) is 0 Å². The zero-order valence-electron chi connectivity index (χ0n) is 15.9. The van der Waals surface area contributed by atoms with E-state index in [1.165, 1.54) is 0 Å². The van der Waals surface area contributed by atoms with Gasteiger partial charge in [-0.3, -0.25) is 9.59 Å². The molecule has 2 aliphatic heterocycles. The normalized spacial score (nSPS) is 22.4. The summed E-state index contributed by atoms with van der Waals surface area (Å²) in [6, 6.07) is 17.3. The molecule has 6 heteroatoms. The Labute approximate surface area is 164 Å². The van der Waals surface area contributed by atoms with E-state index in [-0.39, 0.29) is 30.3 Å². The Hall–Kier alpha value is -2.86. The van der Waals surface area contributed by atoms with Crippen LogP contribution >= 0.6 is 0 Å². The smallest absolute Gasteiger partial charge is 0.228 e. The third kappa shape index (κ3) is 3.73. The molecule has 6 nitrogen and oxygen atoms in total. The summed E-state index contributed by atoms with van der Waals surface area (Å²) in [4.78, 5) is 29.1. The molecule has 2 aromatic rings.